The second-order valence-electron chi connectivity index (χ2n) is 6.43. The van der Waals surface area contributed by atoms with Crippen LogP contribution in [0.1, 0.15) is 31.8 Å². The molecule has 0 amide bonds. The Labute approximate surface area is 183 Å². The van der Waals surface area contributed by atoms with Crippen molar-refractivity contribution in [3.63, 3.8) is 0 Å². The number of carboxylic acid groups (broad SMARTS) is 2. The molecule has 32 heavy (non-hydrogen) atoms. The topological polar surface area (TPSA) is 198 Å². The lowest BCUT2D eigenvalue weighted by Gasteiger charge is -2.23. The summed E-state index contributed by atoms with van der Waals surface area (Å²) in [6, 6.07) is 5.13. The SMILES string of the molecule is NCCNc1ccc(NCCN)c2c1C(=O)c1ccncc1C2=O.O=C(O)C=CC(=O)O. The number of carboxylic acids is 2. The third-order valence-electron chi connectivity index (χ3n) is 4.26. The van der Waals surface area contributed by atoms with Crippen LogP contribution in [0, 0.1) is 0 Å². The Morgan fingerprint density at radius 2 is 1.31 bits per heavy atom. The highest BCUT2D eigenvalue weighted by atomic mass is 16.4. The molecule has 0 spiro atoms. The van der Waals surface area contributed by atoms with Crippen LogP contribution in [0.5, 0.6) is 0 Å². The molecule has 0 fully saturated rings. The summed E-state index contributed by atoms with van der Waals surface area (Å²) in [6.07, 6.45) is 4.06. The van der Waals surface area contributed by atoms with Gasteiger partial charge in [-0.15, -0.1) is 0 Å². The third-order valence-corrected chi connectivity index (χ3v) is 4.26. The number of benzene rings is 1. The van der Waals surface area contributed by atoms with Crippen LogP contribution in [-0.4, -0.2) is 64.9 Å². The average molecular weight is 441 g/mol. The summed E-state index contributed by atoms with van der Waals surface area (Å²) in [7, 11) is 0. The monoisotopic (exact) mass is 441 g/mol. The van der Waals surface area contributed by atoms with Gasteiger partial charge in [0.15, 0.2) is 11.6 Å². The molecule has 0 atom stereocenters. The number of carbonyl (C=O) groups excluding carboxylic acids is 2. The Kier molecular flexibility index (Phi) is 8.57. The minimum Gasteiger partial charge on any atom is -0.478 e. The summed E-state index contributed by atoms with van der Waals surface area (Å²) < 4.78 is 0. The zero-order valence-corrected chi connectivity index (χ0v) is 17.0. The Morgan fingerprint density at radius 3 is 1.75 bits per heavy atom. The second kappa shape index (κ2) is 11.3. The number of hydrogen-bond donors (Lipinski definition) is 6. The van der Waals surface area contributed by atoms with Gasteiger partial charge in [0.1, 0.15) is 0 Å². The number of carbonyl (C=O) groups is 4. The van der Waals surface area contributed by atoms with Gasteiger partial charge < -0.3 is 32.3 Å². The molecule has 0 saturated carbocycles. The Hall–Kier alpha value is -4.09. The van der Waals surface area contributed by atoms with E-state index in [-0.39, 0.29) is 11.6 Å². The number of aromatic nitrogens is 1. The van der Waals surface area contributed by atoms with Crippen molar-refractivity contribution in [3.8, 4) is 0 Å². The van der Waals surface area contributed by atoms with Crippen molar-refractivity contribution in [1.82, 2.24) is 4.98 Å². The van der Waals surface area contributed by atoms with Crippen molar-refractivity contribution in [2.24, 2.45) is 11.5 Å². The van der Waals surface area contributed by atoms with E-state index in [0.29, 0.717) is 72.0 Å². The molecule has 1 aromatic heterocycles. The van der Waals surface area contributed by atoms with Gasteiger partial charge in [-0.1, -0.05) is 0 Å². The van der Waals surface area contributed by atoms with Crippen LogP contribution in [-0.2, 0) is 9.59 Å². The third kappa shape index (κ3) is 5.74. The van der Waals surface area contributed by atoms with Crippen LogP contribution >= 0.6 is 0 Å². The molecule has 3 rings (SSSR count). The molecule has 11 nitrogen and oxygen atoms in total. The van der Waals surface area contributed by atoms with Crippen LogP contribution < -0.4 is 22.1 Å². The number of nitrogens with two attached hydrogens (primary N) is 2. The van der Waals surface area contributed by atoms with Crippen LogP contribution in [0.4, 0.5) is 11.4 Å². The summed E-state index contributed by atoms with van der Waals surface area (Å²) in [5, 5.41) is 21.9. The van der Waals surface area contributed by atoms with E-state index in [9.17, 15) is 19.2 Å². The number of hydrogen-bond acceptors (Lipinski definition) is 9. The Bertz CT molecular complexity index is 985. The van der Waals surface area contributed by atoms with Gasteiger partial charge in [-0.2, -0.15) is 0 Å². The van der Waals surface area contributed by atoms with E-state index in [1.54, 1.807) is 18.2 Å². The van der Waals surface area contributed by atoms with Crippen molar-refractivity contribution >= 4 is 34.9 Å². The minimum absolute atomic E-state index is 0.196. The van der Waals surface area contributed by atoms with Gasteiger partial charge in [-0.05, 0) is 18.2 Å². The largest absolute Gasteiger partial charge is 0.478 e. The fourth-order valence-electron chi connectivity index (χ4n) is 2.97. The summed E-state index contributed by atoms with van der Waals surface area (Å²) in [5.41, 5.74) is 13.7. The number of pyridine rings is 1. The molecule has 1 aliphatic carbocycles. The number of aliphatic carboxylic acids is 2. The van der Waals surface area contributed by atoms with Crippen molar-refractivity contribution in [2.75, 3.05) is 36.8 Å². The lowest BCUT2D eigenvalue weighted by molar-refractivity contribution is -0.134. The first-order valence-electron chi connectivity index (χ1n) is 9.54. The molecule has 0 saturated heterocycles. The normalized spacial score (nSPS) is 11.8. The molecule has 8 N–H and O–H groups in total. The number of fused-ring (bicyclic) bond motifs is 2. The van der Waals surface area contributed by atoms with Crippen molar-refractivity contribution in [1.29, 1.82) is 0 Å². The zero-order valence-electron chi connectivity index (χ0n) is 17.0. The maximum absolute atomic E-state index is 13.0. The van der Waals surface area contributed by atoms with Gasteiger partial charge in [-0.25, -0.2) is 9.59 Å². The van der Waals surface area contributed by atoms with Gasteiger partial charge in [-0.3, -0.25) is 14.6 Å². The van der Waals surface area contributed by atoms with E-state index in [1.165, 1.54) is 12.4 Å². The molecule has 1 heterocycles. The van der Waals surface area contributed by atoms with Crippen LogP contribution in [0.15, 0.2) is 42.7 Å². The number of anilines is 2. The molecule has 0 bridgehead atoms. The average Bonchev–Trinajstić information content (AvgIpc) is 2.78. The Morgan fingerprint density at radius 1 is 0.844 bits per heavy atom. The number of nitrogens with zero attached hydrogens (tertiary/aromatic N) is 1. The first-order chi connectivity index (χ1) is 15.3. The maximum Gasteiger partial charge on any atom is 0.328 e. The van der Waals surface area contributed by atoms with Gasteiger partial charge >= 0.3 is 11.9 Å². The fraction of sp³-hybridized carbons (Fsp3) is 0.190. The van der Waals surface area contributed by atoms with Crippen LogP contribution in [0.3, 0.4) is 0 Å². The maximum atomic E-state index is 13.0. The van der Waals surface area contributed by atoms with Crippen molar-refractivity contribution < 1.29 is 29.4 Å². The summed E-state index contributed by atoms with van der Waals surface area (Å²) in [4.78, 5) is 49.0. The summed E-state index contributed by atoms with van der Waals surface area (Å²) in [5.74, 6) is -2.93. The zero-order chi connectivity index (χ0) is 23.7. The molecular weight excluding hydrogens is 418 g/mol. The molecular formula is C21H23N5O6. The minimum atomic E-state index is -1.26. The van der Waals surface area contributed by atoms with Crippen molar-refractivity contribution in [2.45, 2.75) is 0 Å². The highest BCUT2D eigenvalue weighted by Gasteiger charge is 2.34. The van der Waals surface area contributed by atoms with E-state index >= 15 is 0 Å². The number of rotatable bonds is 8. The summed E-state index contributed by atoms with van der Waals surface area (Å²) >= 11 is 0. The number of nitrogens with one attached hydrogen (secondary N) is 2. The molecule has 168 valence electrons. The standard InChI is InChI=1S/C17H19N5O2.C4H4O4/c18-4-7-21-12-1-2-13(22-8-5-19)15-14(12)16(23)10-3-6-20-9-11(10)17(15)24;5-3(6)1-2-4(7)8/h1-3,6,9,21-22H,4-5,7-8,18-19H2;1-2H,(H,5,6)(H,7,8). The first-order valence-corrected chi connectivity index (χ1v) is 9.54. The fourth-order valence-corrected chi connectivity index (χ4v) is 2.97. The van der Waals surface area contributed by atoms with E-state index in [1.807, 2.05) is 0 Å². The molecule has 2 aromatic rings. The van der Waals surface area contributed by atoms with Crippen molar-refractivity contribution in [3.05, 3.63) is 65.0 Å². The predicted octanol–water partition coefficient (Wildman–Crippen LogP) is 0.310. The van der Waals surface area contributed by atoms with Gasteiger partial charge in [0, 0.05) is 67.7 Å². The molecule has 0 aliphatic heterocycles. The van der Waals surface area contributed by atoms with E-state index < -0.39 is 11.9 Å². The van der Waals surface area contributed by atoms with Crippen LogP contribution in [0.25, 0.3) is 0 Å². The molecule has 1 aromatic carbocycles. The van der Waals surface area contributed by atoms with Gasteiger partial charge in [0.05, 0.1) is 16.7 Å². The lowest BCUT2D eigenvalue weighted by atomic mass is 9.83. The smallest absolute Gasteiger partial charge is 0.328 e. The highest BCUT2D eigenvalue weighted by molar-refractivity contribution is 6.31. The number of ketones is 2. The second-order valence-corrected chi connectivity index (χ2v) is 6.43. The van der Waals surface area contributed by atoms with E-state index in [0.717, 1.165) is 0 Å². The summed E-state index contributed by atoms with van der Waals surface area (Å²) in [6.45, 7) is 1.85. The lowest BCUT2D eigenvalue weighted by Crippen LogP contribution is -2.26. The highest BCUT2D eigenvalue weighted by Crippen LogP contribution is 2.36. The molecule has 0 radical (unpaired) electrons. The molecule has 0 unspecified atom stereocenters. The van der Waals surface area contributed by atoms with Crippen LogP contribution in [0.2, 0.25) is 0 Å². The molecule has 11 heteroatoms. The molecule has 1 aliphatic rings. The first kappa shape index (κ1) is 24.2. The van der Waals surface area contributed by atoms with E-state index in [4.69, 9.17) is 21.7 Å². The Balaban J connectivity index is 0.000000390. The predicted molar refractivity (Wildman–Crippen MR) is 117 cm³/mol. The van der Waals surface area contributed by atoms with Gasteiger partial charge in [0.2, 0.25) is 0 Å². The van der Waals surface area contributed by atoms with E-state index in [2.05, 4.69) is 15.6 Å². The van der Waals surface area contributed by atoms with Gasteiger partial charge in [0.25, 0.3) is 0 Å². The quantitative estimate of drug-likeness (QED) is 0.263.